The van der Waals surface area contributed by atoms with Crippen molar-refractivity contribution in [3.63, 3.8) is 0 Å². The predicted molar refractivity (Wildman–Crippen MR) is 172 cm³/mol. The number of fused-ring (bicyclic) bond motifs is 1. The molecule has 5 aromatic rings. The SMILES string of the molecule is Cc1ccc(-n2nc(C(C)(C)C)cc2NC(=O)Nc2ccc(CC3CCN(C(=O)c4ccc5n[nH]nc5c4)CC3)cc2)cc1. The molecule has 1 saturated heterocycles. The highest BCUT2D eigenvalue weighted by atomic mass is 16.2. The van der Waals surface area contributed by atoms with Crippen LogP contribution in [-0.2, 0) is 11.8 Å². The minimum Gasteiger partial charge on any atom is -0.339 e. The first-order valence-corrected chi connectivity index (χ1v) is 15.1. The molecule has 0 atom stereocenters. The number of nitrogens with one attached hydrogen (secondary N) is 3. The molecule has 2 aromatic heterocycles. The van der Waals surface area contributed by atoms with Gasteiger partial charge in [0.1, 0.15) is 16.9 Å². The summed E-state index contributed by atoms with van der Waals surface area (Å²) in [6.45, 7) is 9.81. The van der Waals surface area contributed by atoms with Gasteiger partial charge in [-0.25, -0.2) is 9.48 Å². The summed E-state index contributed by atoms with van der Waals surface area (Å²) in [7, 11) is 0. The number of urea groups is 1. The Morgan fingerprint density at radius 1 is 0.886 bits per heavy atom. The molecule has 1 aliphatic rings. The Balaban J connectivity index is 1.03. The molecule has 6 rings (SSSR count). The molecule has 10 heteroatoms. The van der Waals surface area contributed by atoms with E-state index in [0.29, 0.717) is 28.5 Å². The average Bonchev–Trinajstić information content (AvgIpc) is 3.66. The third-order valence-electron chi connectivity index (χ3n) is 8.20. The maximum Gasteiger partial charge on any atom is 0.324 e. The van der Waals surface area contributed by atoms with Gasteiger partial charge in [-0.2, -0.15) is 20.5 Å². The van der Waals surface area contributed by atoms with Crippen LogP contribution in [0, 0.1) is 12.8 Å². The monoisotopic (exact) mass is 590 g/mol. The third kappa shape index (κ3) is 6.49. The normalized spacial score (nSPS) is 14.1. The van der Waals surface area contributed by atoms with E-state index in [-0.39, 0.29) is 17.4 Å². The minimum atomic E-state index is -0.328. The molecule has 0 unspecified atom stereocenters. The summed E-state index contributed by atoms with van der Waals surface area (Å²) < 4.78 is 1.77. The standard InChI is InChI=1S/C34H38N8O2/c1-22-5-12-27(13-6-22)42-31(21-30(39-42)34(2,3)4)36-33(44)35-26-10-7-23(8-11-26)19-24-15-17-41(18-16-24)32(43)25-9-14-28-29(20-25)38-40-37-28/h5-14,20-21,24H,15-19H2,1-4H3,(H2,35,36,44)(H,37,38,40). The van der Waals surface area contributed by atoms with Crippen molar-refractivity contribution in [2.45, 2.75) is 52.4 Å². The van der Waals surface area contributed by atoms with E-state index in [1.54, 1.807) is 10.7 Å². The number of aryl methyl sites for hydroxylation is 1. The number of piperidine rings is 1. The van der Waals surface area contributed by atoms with Gasteiger partial charge in [0.2, 0.25) is 0 Å². The van der Waals surface area contributed by atoms with Gasteiger partial charge in [0.15, 0.2) is 0 Å². The Morgan fingerprint density at radius 2 is 1.59 bits per heavy atom. The second-order valence-electron chi connectivity index (χ2n) is 12.7. The fourth-order valence-corrected chi connectivity index (χ4v) is 5.55. The van der Waals surface area contributed by atoms with E-state index in [0.717, 1.165) is 54.8 Å². The quantitative estimate of drug-likeness (QED) is 0.209. The number of H-pyrrole nitrogens is 1. The van der Waals surface area contributed by atoms with Gasteiger partial charge >= 0.3 is 6.03 Å². The van der Waals surface area contributed by atoms with Gasteiger partial charge in [-0.15, -0.1) is 0 Å². The topological polar surface area (TPSA) is 121 Å². The van der Waals surface area contributed by atoms with Crippen LogP contribution in [0.5, 0.6) is 0 Å². The summed E-state index contributed by atoms with van der Waals surface area (Å²) in [6, 6.07) is 23.1. The Kier molecular flexibility index (Phi) is 7.90. The van der Waals surface area contributed by atoms with Crippen LogP contribution in [0.25, 0.3) is 16.7 Å². The smallest absolute Gasteiger partial charge is 0.324 e. The number of carbonyl (C=O) groups is 2. The third-order valence-corrected chi connectivity index (χ3v) is 8.20. The number of aromatic amines is 1. The molecule has 0 aliphatic carbocycles. The zero-order chi connectivity index (χ0) is 30.8. The van der Waals surface area contributed by atoms with E-state index >= 15 is 0 Å². The number of hydrogen-bond donors (Lipinski definition) is 3. The van der Waals surface area contributed by atoms with Crippen LogP contribution >= 0.6 is 0 Å². The van der Waals surface area contributed by atoms with Crippen molar-refractivity contribution in [2.24, 2.45) is 5.92 Å². The lowest BCUT2D eigenvalue weighted by atomic mass is 9.90. The van der Waals surface area contributed by atoms with Crippen LogP contribution in [0.3, 0.4) is 0 Å². The van der Waals surface area contributed by atoms with Gasteiger partial charge in [0.05, 0.1) is 11.4 Å². The van der Waals surface area contributed by atoms with Crippen molar-refractivity contribution in [3.8, 4) is 5.69 Å². The molecule has 10 nitrogen and oxygen atoms in total. The zero-order valence-electron chi connectivity index (χ0n) is 25.6. The summed E-state index contributed by atoms with van der Waals surface area (Å²) in [5.74, 6) is 1.15. The van der Waals surface area contributed by atoms with E-state index in [2.05, 4.69) is 58.9 Å². The number of benzene rings is 3. The molecule has 226 valence electrons. The van der Waals surface area contributed by atoms with Crippen molar-refractivity contribution in [1.29, 1.82) is 0 Å². The molecule has 0 radical (unpaired) electrons. The van der Waals surface area contributed by atoms with Crippen molar-refractivity contribution >= 4 is 34.5 Å². The molecule has 0 saturated carbocycles. The molecule has 3 heterocycles. The van der Waals surface area contributed by atoms with Gasteiger partial charge in [-0.1, -0.05) is 50.6 Å². The molecule has 1 aliphatic heterocycles. The molecule has 0 spiro atoms. The fraction of sp³-hybridized carbons (Fsp3) is 0.324. The Labute approximate surface area is 256 Å². The zero-order valence-corrected chi connectivity index (χ0v) is 25.6. The van der Waals surface area contributed by atoms with E-state index in [9.17, 15) is 9.59 Å². The minimum absolute atomic E-state index is 0.0404. The molecular formula is C34H38N8O2. The van der Waals surface area contributed by atoms with Gasteiger partial charge in [0, 0.05) is 35.8 Å². The lowest BCUT2D eigenvalue weighted by molar-refractivity contribution is 0.0690. The van der Waals surface area contributed by atoms with E-state index in [1.807, 2.05) is 66.4 Å². The lowest BCUT2D eigenvalue weighted by Crippen LogP contribution is -2.38. The number of aromatic nitrogens is 5. The number of nitrogens with zero attached hydrogens (tertiary/aromatic N) is 5. The van der Waals surface area contributed by atoms with Crippen LogP contribution in [0.15, 0.2) is 72.8 Å². The lowest BCUT2D eigenvalue weighted by Gasteiger charge is -2.32. The second-order valence-corrected chi connectivity index (χ2v) is 12.7. The summed E-state index contributed by atoms with van der Waals surface area (Å²) >= 11 is 0. The van der Waals surface area contributed by atoms with Crippen molar-refractivity contribution < 1.29 is 9.59 Å². The number of rotatable bonds is 6. The van der Waals surface area contributed by atoms with Crippen molar-refractivity contribution in [2.75, 3.05) is 23.7 Å². The maximum absolute atomic E-state index is 13.0. The Hall–Kier alpha value is -4.99. The summed E-state index contributed by atoms with van der Waals surface area (Å²) in [4.78, 5) is 28.0. The van der Waals surface area contributed by atoms with Gasteiger partial charge in [0.25, 0.3) is 5.91 Å². The van der Waals surface area contributed by atoms with Gasteiger partial charge in [-0.3, -0.25) is 10.1 Å². The number of carbonyl (C=O) groups excluding carboxylic acids is 2. The van der Waals surface area contributed by atoms with Crippen LogP contribution < -0.4 is 10.6 Å². The first-order chi connectivity index (χ1) is 21.1. The fourth-order valence-electron chi connectivity index (χ4n) is 5.55. The highest BCUT2D eigenvalue weighted by Gasteiger charge is 2.25. The van der Waals surface area contributed by atoms with Gasteiger partial charge < -0.3 is 10.2 Å². The molecule has 3 N–H and O–H groups in total. The molecule has 44 heavy (non-hydrogen) atoms. The van der Waals surface area contributed by atoms with Crippen LogP contribution in [-0.4, -0.2) is 55.1 Å². The van der Waals surface area contributed by atoms with E-state index in [1.165, 1.54) is 5.56 Å². The number of likely N-dealkylation sites (tertiary alicyclic amines) is 1. The van der Waals surface area contributed by atoms with Crippen molar-refractivity contribution in [1.82, 2.24) is 30.1 Å². The highest BCUT2D eigenvalue weighted by molar-refractivity contribution is 5.99. The summed E-state index contributed by atoms with van der Waals surface area (Å²) in [5.41, 5.74) is 6.79. The maximum atomic E-state index is 13.0. The average molecular weight is 591 g/mol. The predicted octanol–water partition coefficient (Wildman–Crippen LogP) is 6.49. The summed E-state index contributed by atoms with van der Waals surface area (Å²) in [5, 5.41) is 21.5. The number of anilines is 2. The van der Waals surface area contributed by atoms with Gasteiger partial charge in [-0.05, 0) is 80.1 Å². The largest absolute Gasteiger partial charge is 0.339 e. The second kappa shape index (κ2) is 11.9. The van der Waals surface area contributed by atoms with E-state index in [4.69, 9.17) is 5.10 Å². The first-order valence-electron chi connectivity index (χ1n) is 15.1. The molecule has 3 amide bonds. The molecule has 0 bridgehead atoms. The Morgan fingerprint density at radius 3 is 2.30 bits per heavy atom. The van der Waals surface area contributed by atoms with Crippen LogP contribution in [0.2, 0.25) is 0 Å². The molecule has 3 aromatic carbocycles. The highest BCUT2D eigenvalue weighted by Crippen LogP contribution is 2.27. The number of amides is 3. The molecular weight excluding hydrogens is 552 g/mol. The van der Waals surface area contributed by atoms with Crippen LogP contribution in [0.1, 0.15) is 60.8 Å². The van der Waals surface area contributed by atoms with Crippen molar-refractivity contribution in [3.05, 3.63) is 95.2 Å². The first kappa shape index (κ1) is 29.1. The Bertz CT molecular complexity index is 1770. The van der Waals surface area contributed by atoms with Crippen LogP contribution in [0.4, 0.5) is 16.3 Å². The summed E-state index contributed by atoms with van der Waals surface area (Å²) in [6.07, 6.45) is 2.84. The number of hydrogen-bond acceptors (Lipinski definition) is 5. The molecule has 1 fully saturated rings. The van der Waals surface area contributed by atoms with E-state index < -0.39 is 0 Å².